The number of hydrogen-bond donors (Lipinski definition) is 1. The Kier molecular flexibility index (Phi) is 6.71. The number of imide groups is 1. The Morgan fingerprint density at radius 2 is 1.49 bits per heavy atom. The third kappa shape index (κ3) is 4.74. The van der Waals surface area contributed by atoms with Gasteiger partial charge in [0.25, 0.3) is 0 Å². The van der Waals surface area contributed by atoms with Gasteiger partial charge in [-0.05, 0) is 64.9 Å². The fourth-order valence-corrected chi connectivity index (χ4v) is 8.51. The molecule has 7 nitrogen and oxygen atoms in total. The number of benzene rings is 4. The van der Waals surface area contributed by atoms with Crippen LogP contribution in [0.15, 0.2) is 101 Å². The molecular weight excluding hydrogens is 592 g/mol. The summed E-state index contributed by atoms with van der Waals surface area (Å²) in [7, 11) is 0. The van der Waals surface area contributed by atoms with E-state index in [2.05, 4.69) is 5.32 Å². The lowest BCUT2D eigenvalue weighted by Crippen LogP contribution is -2.33. The van der Waals surface area contributed by atoms with Gasteiger partial charge in [-0.15, -0.1) is 0 Å². The van der Waals surface area contributed by atoms with Gasteiger partial charge in [-0.3, -0.25) is 23.7 Å². The molecular formula is C32H21F2N3O4S2. The molecule has 0 bridgehead atoms. The van der Waals surface area contributed by atoms with Crippen LogP contribution in [-0.2, 0) is 20.9 Å². The molecule has 1 saturated heterocycles. The van der Waals surface area contributed by atoms with Gasteiger partial charge >= 0.3 is 4.87 Å². The Labute approximate surface area is 251 Å². The number of fused-ring (bicyclic) bond motifs is 3. The summed E-state index contributed by atoms with van der Waals surface area (Å²) in [6, 6.07) is 23.9. The van der Waals surface area contributed by atoms with Gasteiger partial charge in [-0.1, -0.05) is 65.6 Å². The minimum absolute atomic E-state index is 0.236. The van der Waals surface area contributed by atoms with Crippen molar-refractivity contribution in [3.05, 3.63) is 123 Å². The topological polar surface area (TPSA) is 88.5 Å². The Morgan fingerprint density at radius 3 is 2.21 bits per heavy atom. The summed E-state index contributed by atoms with van der Waals surface area (Å²) in [5.41, 5.74) is 1.37. The molecule has 0 spiro atoms. The van der Waals surface area contributed by atoms with Crippen LogP contribution in [0.2, 0.25) is 0 Å². The van der Waals surface area contributed by atoms with E-state index in [4.69, 9.17) is 0 Å². The smallest absolute Gasteiger partial charge is 0.308 e. The lowest BCUT2D eigenvalue weighted by Gasteiger charge is -2.30. The number of carbonyl (C=O) groups excluding carboxylic acids is 3. The van der Waals surface area contributed by atoms with Gasteiger partial charge in [0.15, 0.2) is 0 Å². The maximum Gasteiger partial charge on any atom is 0.308 e. The van der Waals surface area contributed by atoms with Gasteiger partial charge in [-0.2, -0.15) is 0 Å². The lowest BCUT2D eigenvalue weighted by molar-refractivity contribution is -0.122. The quantitative estimate of drug-likeness (QED) is 0.254. The van der Waals surface area contributed by atoms with Crippen LogP contribution in [-0.4, -0.2) is 27.5 Å². The standard InChI is InChI=1S/C32H21F2N3O4S2/c33-20-8-5-18(6-9-20)25-26-27(30(40)37(29(26)39)23-13-10-21(34)11-14-23)42-31-28(25)43-32(41)36(31)16-24(38)35-22-12-7-17-3-1-2-4-19(17)15-22/h1-15,25-27H,16H2,(H,35,38)/t25-,26-,27+/m0/s1. The SMILES string of the molecule is O=C(Cn1c2c(sc1=O)[C@@H](c1ccc(F)cc1)[C@@H]1C(=O)N(c3ccc(F)cc3)C(=O)[C@@H]1S2)Nc1ccc2ccccc2c1. The predicted octanol–water partition coefficient (Wildman–Crippen LogP) is 5.78. The van der Waals surface area contributed by atoms with Crippen LogP contribution in [0.4, 0.5) is 20.2 Å². The summed E-state index contributed by atoms with van der Waals surface area (Å²) < 4.78 is 28.8. The predicted molar refractivity (Wildman–Crippen MR) is 161 cm³/mol. The summed E-state index contributed by atoms with van der Waals surface area (Å²) >= 11 is 1.98. The zero-order valence-electron chi connectivity index (χ0n) is 22.2. The molecule has 4 aromatic carbocycles. The highest BCUT2D eigenvalue weighted by molar-refractivity contribution is 8.00. The normalized spacial score (nSPS) is 19.4. The third-order valence-corrected chi connectivity index (χ3v) is 10.3. The molecule has 214 valence electrons. The van der Waals surface area contributed by atoms with Crippen molar-refractivity contribution in [3.8, 4) is 0 Å². The van der Waals surface area contributed by atoms with Crippen molar-refractivity contribution in [2.75, 3.05) is 10.2 Å². The van der Waals surface area contributed by atoms with Crippen LogP contribution >= 0.6 is 23.1 Å². The number of halogens is 2. The summed E-state index contributed by atoms with van der Waals surface area (Å²) in [5, 5.41) is 4.32. The molecule has 3 amide bonds. The van der Waals surface area contributed by atoms with Crippen LogP contribution in [0.3, 0.4) is 0 Å². The number of rotatable bonds is 5. The first-order chi connectivity index (χ1) is 20.8. The Bertz CT molecular complexity index is 1990. The number of hydrogen-bond acceptors (Lipinski definition) is 6. The molecule has 0 aliphatic carbocycles. The minimum atomic E-state index is -0.913. The zero-order valence-corrected chi connectivity index (χ0v) is 23.8. The second-order valence-electron chi connectivity index (χ2n) is 10.3. The highest BCUT2D eigenvalue weighted by Crippen LogP contribution is 2.53. The molecule has 0 radical (unpaired) electrons. The first-order valence-corrected chi connectivity index (χ1v) is 15.1. The van der Waals surface area contributed by atoms with Gasteiger partial charge in [0.05, 0.1) is 16.6 Å². The molecule has 2 aliphatic rings. The molecule has 3 heterocycles. The van der Waals surface area contributed by atoms with E-state index in [0.29, 0.717) is 21.2 Å². The van der Waals surface area contributed by atoms with Crippen molar-refractivity contribution in [1.82, 2.24) is 4.57 Å². The first kappa shape index (κ1) is 27.2. The van der Waals surface area contributed by atoms with Crippen molar-refractivity contribution < 1.29 is 23.2 Å². The average Bonchev–Trinajstić information content (AvgIpc) is 3.44. The van der Waals surface area contributed by atoms with Gasteiger partial charge in [0, 0.05) is 16.5 Å². The Balaban J connectivity index is 1.26. The molecule has 1 fully saturated rings. The highest BCUT2D eigenvalue weighted by Gasteiger charge is 2.56. The number of thiazole rings is 1. The van der Waals surface area contributed by atoms with Gasteiger partial charge in [0.1, 0.15) is 23.4 Å². The van der Waals surface area contributed by atoms with Gasteiger partial charge in [0.2, 0.25) is 17.7 Å². The Morgan fingerprint density at radius 1 is 0.814 bits per heavy atom. The molecule has 2 aliphatic heterocycles. The molecule has 0 unspecified atom stereocenters. The van der Waals surface area contributed by atoms with E-state index in [-0.39, 0.29) is 12.2 Å². The van der Waals surface area contributed by atoms with Crippen molar-refractivity contribution in [2.24, 2.45) is 5.92 Å². The number of carbonyl (C=O) groups is 3. The molecule has 5 aromatic rings. The summed E-state index contributed by atoms with van der Waals surface area (Å²) in [6.07, 6.45) is 0. The average molecular weight is 614 g/mol. The maximum atomic E-state index is 13.9. The molecule has 0 saturated carbocycles. The number of aromatic nitrogens is 1. The zero-order chi connectivity index (χ0) is 29.8. The molecule has 7 rings (SSSR count). The van der Waals surface area contributed by atoms with Crippen LogP contribution in [0.25, 0.3) is 10.8 Å². The van der Waals surface area contributed by atoms with Crippen molar-refractivity contribution in [2.45, 2.75) is 22.7 Å². The number of anilines is 2. The van der Waals surface area contributed by atoms with Crippen molar-refractivity contribution in [3.63, 3.8) is 0 Å². The number of nitrogens with one attached hydrogen (secondary N) is 1. The van der Waals surface area contributed by atoms with E-state index < -0.39 is 51.3 Å². The van der Waals surface area contributed by atoms with E-state index in [0.717, 1.165) is 38.8 Å². The summed E-state index contributed by atoms with van der Waals surface area (Å²) in [6.45, 7) is -0.304. The summed E-state index contributed by atoms with van der Waals surface area (Å²) in [5.74, 6) is -4.02. The Hall–Kier alpha value is -4.61. The fraction of sp³-hybridized carbons (Fsp3) is 0.125. The lowest BCUT2D eigenvalue weighted by atomic mass is 9.83. The molecule has 43 heavy (non-hydrogen) atoms. The van der Waals surface area contributed by atoms with Crippen molar-refractivity contribution >= 4 is 63.0 Å². The van der Waals surface area contributed by atoms with Crippen molar-refractivity contribution in [1.29, 1.82) is 0 Å². The fourth-order valence-electron chi connectivity index (χ4n) is 5.74. The molecule has 1 aromatic heterocycles. The number of thioether (sulfide) groups is 1. The van der Waals surface area contributed by atoms with Crippen LogP contribution in [0.5, 0.6) is 0 Å². The van der Waals surface area contributed by atoms with Gasteiger partial charge in [-0.25, -0.2) is 13.7 Å². The number of nitrogens with zero attached hydrogens (tertiary/aromatic N) is 2. The maximum absolute atomic E-state index is 13.9. The van der Waals surface area contributed by atoms with Crippen LogP contribution in [0.1, 0.15) is 16.4 Å². The monoisotopic (exact) mass is 613 g/mol. The second kappa shape index (κ2) is 10.6. The van der Waals surface area contributed by atoms with E-state index >= 15 is 0 Å². The number of amides is 3. The van der Waals surface area contributed by atoms with E-state index in [9.17, 15) is 28.0 Å². The van der Waals surface area contributed by atoms with E-state index in [1.165, 1.54) is 53.1 Å². The first-order valence-electron chi connectivity index (χ1n) is 13.4. The molecule has 3 atom stereocenters. The van der Waals surface area contributed by atoms with Gasteiger partial charge < -0.3 is 5.32 Å². The third-order valence-electron chi connectivity index (χ3n) is 7.70. The molecule has 11 heteroatoms. The van der Waals surface area contributed by atoms with Crippen LogP contribution < -0.4 is 15.1 Å². The minimum Gasteiger partial charge on any atom is -0.325 e. The van der Waals surface area contributed by atoms with Crippen LogP contribution in [0, 0.1) is 17.6 Å². The molecule has 1 N–H and O–H groups in total. The summed E-state index contributed by atoms with van der Waals surface area (Å²) in [4.78, 5) is 55.2. The van der Waals surface area contributed by atoms with E-state index in [1.807, 2.05) is 36.4 Å². The second-order valence-corrected chi connectivity index (χ2v) is 12.4. The highest BCUT2D eigenvalue weighted by atomic mass is 32.2. The van der Waals surface area contributed by atoms with E-state index in [1.54, 1.807) is 6.07 Å². The largest absolute Gasteiger partial charge is 0.325 e.